The van der Waals surface area contributed by atoms with Gasteiger partial charge in [0, 0.05) is 22.2 Å². The molecule has 0 radical (unpaired) electrons. The highest BCUT2D eigenvalue weighted by Gasteiger charge is 2.24. The number of hydrogen-bond acceptors (Lipinski definition) is 5. The number of nitrogens with one attached hydrogen (secondary N) is 1. The number of thioether (sulfide) groups is 1. The molecule has 1 amide bonds. The van der Waals surface area contributed by atoms with Crippen LogP contribution < -0.4 is 5.43 Å². The number of nitrogens with zero attached hydrogens (tertiary/aromatic N) is 4. The predicted octanol–water partition coefficient (Wildman–Crippen LogP) is 5.65. The standard InChI is InChI=1S/C24H26ClN5OS/c1-17-11-13-18(14-12-17)23-28-29-24(30(23)20-8-3-2-4-9-20)32-16-22(31)27-26-15-19-7-5-6-10-21(19)25/h5-7,10-15,20H,2-4,8-9,16H2,1H3,(H,27,31)/b26-15-. The Morgan fingerprint density at radius 3 is 2.66 bits per heavy atom. The molecule has 1 aliphatic rings. The summed E-state index contributed by atoms with van der Waals surface area (Å²) in [4.78, 5) is 12.4. The van der Waals surface area contributed by atoms with Crippen LogP contribution in [0.4, 0.5) is 0 Å². The van der Waals surface area contributed by atoms with Gasteiger partial charge < -0.3 is 0 Å². The number of aromatic nitrogens is 3. The van der Waals surface area contributed by atoms with Crippen LogP contribution >= 0.6 is 23.4 Å². The lowest BCUT2D eigenvalue weighted by Gasteiger charge is -2.25. The molecule has 1 aromatic heterocycles. The molecule has 1 fully saturated rings. The van der Waals surface area contributed by atoms with Crippen LogP contribution in [0, 0.1) is 6.92 Å². The molecule has 166 valence electrons. The van der Waals surface area contributed by atoms with Crippen LogP contribution in [0.1, 0.15) is 49.3 Å². The maximum atomic E-state index is 12.4. The molecular weight excluding hydrogens is 442 g/mol. The topological polar surface area (TPSA) is 72.2 Å². The normalized spacial score (nSPS) is 14.7. The van der Waals surface area contributed by atoms with Gasteiger partial charge in [-0.1, -0.05) is 90.7 Å². The van der Waals surface area contributed by atoms with Crippen molar-refractivity contribution in [1.82, 2.24) is 20.2 Å². The van der Waals surface area contributed by atoms with E-state index >= 15 is 0 Å². The number of carbonyl (C=O) groups excluding carboxylic acids is 1. The second kappa shape index (κ2) is 10.8. The van der Waals surface area contributed by atoms with E-state index in [-0.39, 0.29) is 11.7 Å². The third-order valence-electron chi connectivity index (χ3n) is 5.54. The molecule has 8 heteroatoms. The molecule has 6 nitrogen and oxygen atoms in total. The number of hydrazone groups is 1. The Bertz CT molecular complexity index is 1090. The fourth-order valence-corrected chi connectivity index (χ4v) is 4.84. The van der Waals surface area contributed by atoms with Crippen LogP contribution in [0.15, 0.2) is 58.8 Å². The Labute approximate surface area is 197 Å². The number of amides is 1. The quantitative estimate of drug-likeness (QED) is 0.276. The number of rotatable bonds is 7. The zero-order chi connectivity index (χ0) is 22.3. The van der Waals surface area contributed by atoms with Gasteiger partial charge >= 0.3 is 0 Å². The molecule has 4 rings (SSSR count). The van der Waals surface area contributed by atoms with Gasteiger partial charge in [-0.2, -0.15) is 5.10 Å². The molecule has 32 heavy (non-hydrogen) atoms. The smallest absolute Gasteiger partial charge is 0.250 e. The van der Waals surface area contributed by atoms with Crippen LogP contribution in [0.5, 0.6) is 0 Å². The van der Waals surface area contributed by atoms with Crippen LogP contribution in [0.25, 0.3) is 11.4 Å². The van der Waals surface area contributed by atoms with E-state index in [1.165, 1.54) is 36.6 Å². The van der Waals surface area contributed by atoms with Gasteiger partial charge in [-0.3, -0.25) is 9.36 Å². The zero-order valence-corrected chi connectivity index (χ0v) is 19.6. The van der Waals surface area contributed by atoms with Crippen molar-refractivity contribution >= 4 is 35.5 Å². The van der Waals surface area contributed by atoms with Gasteiger partial charge in [-0.05, 0) is 25.8 Å². The molecule has 1 N–H and O–H groups in total. The average molecular weight is 468 g/mol. The summed E-state index contributed by atoms with van der Waals surface area (Å²) in [7, 11) is 0. The van der Waals surface area contributed by atoms with E-state index in [9.17, 15) is 4.79 Å². The molecule has 0 saturated heterocycles. The summed E-state index contributed by atoms with van der Waals surface area (Å²) in [6, 6.07) is 16.1. The van der Waals surface area contributed by atoms with Crippen LogP contribution in [-0.4, -0.2) is 32.6 Å². The fraction of sp³-hybridized carbons (Fsp3) is 0.333. The van der Waals surface area contributed by atoms with E-state index in [1.54, 1.807) is 12.3 Å². The Balaban J connectivity index is 1.46. The highest BCUT2D eigenvalue weighted by atomic mass is 35.5. The minimum Gasteiger partial charge on any atom is -0.299 e. The largest absolute Gasteiger partial charge is 0.299 e. The molecule has 0 spiro atoms. The van der Waals surface area contributed by atoms with Crippen LogP contribution in [-0.2, 0) is 4.79 Å². The third-order valence-corrected chi connectivity index (χ3v) is 6.83. The van der Waals surface area contributed by atoms with E-state index in [2.05, 4.69) is 56.5 Å². The molecule has 2 aromatic carbocycles. The monoisotopic (exact) mass is 467 g/mol. The van der Waals surface area contributed by atoms with E-state index in [0.717, 1.165) is 34.9 Å². The maximum Gasteiger partial charge on any atom is 0.250 e. The number of hydrogen-bond donors (Lipinski definition) is 1. The number of benzene rings is 2. The Morgan fingerprint density at radius 2 is 1.91 bits per heavy atom. The van der Waals surface area contributed by atoms with Gasteiger partial charge in [-0.15, -0.1) is 10.2 Å². The second-order valence-electron chi connectivity index (χ2n) is 7.94. The summed E-state index contributed by atoms with van der Waals surface area (Å²) in [6.45, 7) is 2.07. The Kier molecular flexibility index (Phi) is 7.60. The minimum atomic E-state index is -0.201. The lowest BCUT2D eigenvalue weighted by atomic mass is 9.95. The van der Waals surface area contributed by atoms with Crippen molar-refractivity contribution in [2.24, 2.45) is 5.10 Å². The van der Waals surface area contributed by atoms with Crippen molar-refractivity contribution in [3.05, 3.63) is 64.7 Å². The molecule has 1 heterocycles. The second-order valence-corrected chi connectivity index (χ2v) is 9.29. The lowest BCUT2D eigenvalue weighted by molar-refractivity contribution is -0.118. The fourth-order valence-electron chi connectivity index (χ4n) is 3.86. The summed E-state index contributed by atoms with van der Waals surface area (Å²) in [5, 5.41) is 14.3. The summed E-state index contributed by atoms with van der Waals surface area (Å²) < 4.78 is 2.23. The lowest BCUT2D eigenvalue weighted by Crippen LogP contribution is -2.20. The summed E-state index contributed by atoms with van der Waals surface area (Å²) >= 11 is 7.50. The SMILES string of the molecule is Cc1ccc(-c2nnc(SCC(=O)N/N=C\c3ccccc3Cl)n2C2CCCCC2)cc1. The number of aryl methyl sites for hydroxylation is 1. The van der Waals surface area contributed by atoms with Crippen molar-refractivity contribution in [3.8, 4) is 11.4 Å². The highest BCUT2D eigenvalue weighted by molar-refractivity contribution is 7.99. The maximum absolute atomic E-state index is 12.4. The summed E-state index contributed by atoms with van der Waals surface area (Å²) in [5.41, 5.74) is 5.58. The molecular formula is C24H26ClN5OS. The van der Waals surface area contributed by atoms with E-state index in [4.69, 9.17) is 11.6 Å². The molecule has 1 saturated carbocycles. The molecule has 0 unspecified atom stereocenters. The minimum absolute atomic E-state index is 0.201. The van der Waals surface area contributed by atoms with Gasteiger partial charge in [0.25, 0.3) is 5.91 Å². The van der Waals surface area contributed by atoms with E-state index in [0.29, 0.717) is 11.1 Å². The molecule has 0 aliphatic heterocycles. The molecule has 1 aliphatic carbocycles. The highest BCUT2D eigenvalue weighted by Crippen LogP contribution is 2.35. The molecule has 3 aromatic rings. The van der Waals surface area contributed by atoms with Crippen molar-refractivity contribution < 1.29 is 4.79 Å². The summed E-state index contributed by atoms with van der Waals surface area (Å²) in [6.07, 6.45) is 7.45. The zero-order valence-electron chi connectivity index (χ0n) is 18.0. The average Bonchev–Trinajstić information content (AvgIpc) is 3.24. The number of carbonyl (C=O) groups is 1. The van der Waals surface area contributed by atoms with Crippen LogP contribution in [0.3, 0.4) is 0 Å². The van der Waals surface area contributed by atoms with Gasteiger partial charge in [0.1, 0.15) is 0 Å². The van der Waals surface area contributed by atoms with Crippen molar-refractivity contribution in [3.63, 3.8) is 0 Å². The van der Waals surface area contributed by atoms with E-state index in [1.807, 2.05) is 18.2 Å². The first-order valence-electron chi connectivity index (χ1n) is 10.8. The summed E-state index contributed by atoms with van der Waals surface area (Å²) in [5.74, 6) is 0.878. The van der Waals surface area contributed by atoms with Crippen LogP contribution in [0.2, 0.25) is 5.02 Å². The predicted molar refractivity (Wildman–Crippen MR) is 130 cm³/mol. The van der Waals surface area contributed by atoms with Gasteiger partial charge in [0.15, 0.2) is 11.0 Å². The number of halogens is 1. The van der Waals surface area contributed by atoms with Crippen molar-refractivity contribution in [2.75, 3.05) is 5.75 Å². The third kappa shape index (κ3) is 5.58. The van der Waals surface area contributed by atoms with Crippen molar-refractivity contribution in [2.45, 2.75) is 50.2 Å². The first-order chi connectivity index (χ1) is 15.6. The van der Waals surface area contributed by atoms with Gasteiger partial charge in [0.05, 0.1) is 12.0 Å². The van der Waals surface area contributed by atoms with Crippen molar-refractivity contribution in [1.29, 1.82) is 0 Å². The molecule has 0 bridgehead atoms. The first-order valence-corrected chi connectivity index (χ1v) is 12.2. The molecule has 0 atom stereocenters. The Hall–Kier alpha value is -2.64. The van der Waals surface area contributed by atoms with Gasteiger partial charge in [-0.25, -0.2) is 5.43 Å². The van der Waals surface area contributed by atoms with E-state index < -0.39 is 0 Å². The van der Waals surface area contributed by atoms with Gasteiger partial charge in [0.2, 0.25) is 0 Å². The Morgan fingerprint density at radius 1 is 1.16 bits per heavy atom. The first kappa shape index (κ1) is 22.6.